The first-order valence-electron chi connectivity index (χ1n) is 6.55. The van der Waals surface area contributed by atoms with Gasteiger partial charge < -0.3 is 15.6 Å². The third-order valence-corrected chi connectivity index (χ3v) is 5.14. The highest BCUT2D eigenvalue weighted by atomic mass is 32.2. The molecule has 7 nitrogen and oxygen atoms in total. The van der Waals surface area contributed by atoms with Gasteiger partial charge in [-0.25, -0.2) is 13.4 Å². The number of nitrogens with two attached hydrogens (primary N) is 1. The van der Waals surface area contributed by atoms with Gasteiger partial charge in [0, 0.05) is 19.6 Å². The fraction of sp³-hybridized carbons (Fsp3) is 0.727. The van der Waals surface area contributed by atoms with E-state index in [1.165, 1.54) is 16.8 Å². The number of nitrogens with zero attached hydrogens (tertiary/aromatic N) is 3. The number of imidazole rings is 1. The fourth-order valence-corrected chi connectivity index (χ4v) is 3.61. The highest BCUT2D eigenvalue weighted by Gasteiger charge is 2.27. The molecule has 1 aromatic rings. The van der Waals surface area contributed by atoms with Gasteiger partial charge in [-0.2, -0.15) is 4.31 Å². The molecule has 1 aromatic heterocycles. The van der Waals surface area contributed by atoms with E-state index in [4.69, 9.17) is 5.73 Å². The molecule has 0 saturated carbocycles. The van der Waals surface area contributed by atoms with Crippen molar-refractivity contribution in [2.45, 2.75) is 17.9 Å². The predicted octanol–water partition coefficient (Wildman–Crippen LogP) is -0.545. The summed E-state index contributed by atoms with van der Waals surface area (Å²) in [6.45, 7) is 4.37. The molecule has 1 aliphatic rings. The van der Waals surface area contributed by atoms with E-state index in [2.05, 4.69) is 14.9 Å². The molecule has 8 heteroatoms. The minimum absolute atomic E-state index is 0.169. The monoisotopic (exact) mass is 287 g/mol. The van der Waals surface area contributed by atoms with Gasteiger partial charge in [0.1, 0.15) is 0 Å². The Kier molecular flexibility index (Phi) is 4.92. The lowest BCUT2D eigenvalue weighted by Crippen LogP contribution is -2.35. The molecule has 0 spiro atoms. The first kappa shape index (κ1) is 14.4. The Morgan fingerprint density at radius 1 is 1.32 bits per heavy atom. The summed E-state index contributed by atoms with van der Waals surface area (Å²) in [6.07, 6.45) is 4.54. The Balaban J connectivity index is 1.99. The molecule has 108 valence electrons. The standard InChI is InChI=1S/C11H21N5O2S/c12-3-1-4-15-5-2-6-16(8-7-15)19(17,18)11-9-13-10-14-11/h9-10H,1-8,12H2,(H,13,14). The Labute approximate surface area is 113 Å². The van der Waals surface area contributed by atoms with Gasteiger partial charge >= 0.3 is 0 Å². The van der Waals surface area contributed by atoms with Crippen LogP contribution in [0, 0.1) is 0 Å². The number of aromatic nitrogens is 2. The summed E-state index contributed by atoms with van der Waals surface area (Å²) in [5.74, 6) is 0. The lowest BCUT2D eigenvalue weighted by Gasteiger charge is -2.20. The number of sulfonamides is 1. The summed E-state index contributed by atoms with van der Waals surface area (Å²) in [7, 11) is -3.42. The van der Waals surface area contributed by atoms with Crippen LogP contribution in [0.2, 0.25) is 0 Å². The van der Waals surface area contributed by atoms with Crippen molar-refractivity contribution >= 4 is 10.0 Å². The average Bonchev–Trinajstić information content (AvgIpc) is 2.83. The molecule has 0 amide bonds. The van der Waals surface area contributed by atoms with Gasteiger partial charge in [0.2, 0.25) is 0 Å². The maximum Gasteiger partial charge on any atom is 0.260 e. The van der Waals surface area contributed by atoms with Crippen molar-refractivity contribution < 1.29 is 8.42 Å². The summed E-state index contributed by atoms with van der Waals surface area (Å²) >= 11 is 0. The van der Waals surface area contributed by atoms with Crippen LogP contribution >= 0.6 is 0 Å². The Morgan fingerprint density at radius 3 is 2.84 bits per heavy atom. The highest BCUT2D eigenvalue weighted by Crippen LogP contribution is 2.15. The number of H-pyrrole nitrogens is 1. The molecule has 1 aliphatic heterocycles. The third-order valence-electron chi connectivity index (χ3n) is 3.32. The molecule has 1 saturated heterocycles. The summed E-state index contributed by atoms with van der Waals surface area (Å²) in [4.78, 5) is 8.72. The lowest BCUT2D eigenvalue weighted by atomic mass is 10.3. The topological polar surface area (TPSA) is 95.3 Å². The molecule has 0 aliphatic carbocycles. The molecule has 19 heavy (non-hydrogen) atoms. The zero-order valence-electron chi connectivity index (χ0n) is 11.0. The maximum atomic E-state index is 12.3. The molecular weight excluding hydrogens is 266 g/mol. The zero-order valence-corrected chi connectivity index (χ0v) is 11.8. The Bertz CT molecular complexity index is 473. The van der Waals surface area contributed by atoms with Crippen LogP contribution in [0.25, 0.3) is 0 Å². The molecule has 1 fully saturated rings. The number of hydrogen-bond donors (Lipinski definition) is 2. The first-order valence-corrected chi connectivity index (χ1v) is 7.99. The van der Waals surface area contributed by atoms with Gasteiger partial charge in [-0.15, -0.1) is 0 Å². The van der Waals surface area contributed by atoms with Crippen molar-refractivity contribution in [3.63, 3.8) is 0 Å². The van der Waals surface area contributed by atoms with E-state index in [1.807, 2.05) is 0 Å². The molecular formula is C11H21N5O2S. The van der Waals surface area contributed by atoms with Gasteiger partial charge in [0.15, 0.2) is 5.03 Å². The van der Waals surface area contributed by atoms with Crippen molar-refractivity contribution in [1.29, 1.82) is 0 Å². The van der Waals surface area contributed by atoms with E-state index in [-0.39, 0.29) is 5.03 Å². The molecule has 0 unspecified atom stereocenters. The molecule has 2 rings (SSSR count). The normalized spacial score (nSPS) is 19.4. The van der Waals surface area contributed by atoms with Crippen LogP contribution in [0.5, 0.6) is 0 Å². The summed E-state index contributed by atoms with van der Waals surface area (Å²) in [5.41, 5.74) is 5.50. The smallest absolute Gasteiger partial charge is 0.260 e. The molecule has 0 bridgehead atoms. The van der Waals surface area contributed by atoms with Crippen LogP contribution in [0.15, 0.2) is 17.6 Å². The van der Waals surface area contributed by atoms with Crippen LogP contribution in [0.1, 0.15) is 12.8 Å². The lowest BCUT2D eigenvalue weighted by molar-refractivity contribution is 0.284. The van der Waals surface area contributed by atoms with Crippen LogP contribution in [-0.2, 0) is 10.0 Å². The van der Waals surface area contributed by atoms with E-state index in [1.54, 1.807) is 0 Å². The first-order chi connectivity index (χ1) is 9.14. The number of nitrogens with one attached hydrogen (secondary N) is 1. The van der Waals surface area contributed by atoms with Gasteiger partial charge in [-0.1, -0.05) is 0 Å². The minimum Gasteiger partial charge on any atom is -0.335 e. The largest absolute Gasteiger partial charge is 0.335 e. The summed E-state index contributed by atoms with van der Waals surface area (Å²) in [6, 6.07) is 0. The summed E-state index contributed by atoms with van der Waals surface area (Å²) < 4.78 is 26.2. The number of hydrogen-bond acceptors (Lipinski definition) is 5. The van der Waals surface area contributed by atoms with Crippen molar-refractivity contribution in [3.05, 3.63) is 12.5 Å². The second-order valence-electron chi connectivity index (χ2n) is 4.66. The quantitative estimate of drug-likeness (QED) is 0.758. The molecule has 0 atom stereocenters. The van der Waals surface area contributed by atoms with Crippen molar-refractivity contribution in [3.8, 4) is 0 Å². The van der Waals surface area contributed by atoms with Gasteiger partial charge in [0.05, 0.1) is 12.5 Å². The van der Waals surface area contributed by atoms with Crippen LogP contribution in [0.4, 0.5) is 0 Å². The number of rotatable bonds is 5. The molecule has 0 radical (unpaired) electrons. The van der Waals surface area contributed by atoms with Gasteiger partial charge in [0.25, 0.3) is 10.0 Å². The highest BCUT2D eigenvalue weighted by molar-refractivity contribution is 7.89. The van der Waals surface area contributed by atoms with Gasteiger partial charge in [-0.05, 0) is 32.5 Å². The fourth-order valence-electron chi connectivity index (χ4n) is 2.25. The maximum absolute atomic E-state index is 12.3. The van der Waals surface area contributed by atoms with E-state index in [0.29, 0.717) is 19.6 Å². The van der Waals surface area contributed by atoms with Crippen molar-refractivity contribution in [1.82, 2.24) is 19.2 Å². The van der Waals surface area contributed by atoms with Crippen molar-refractivity contribution in [2.75, 3.05) is 39.3 Å². The Hall–Kier alpha value is -0.960. The Morgan fingerprint density at radius 2 is 2.16 bits per heavy atom. The van der Waals surface area contributed by atoms with Crippen LogP contribution < -0.4 is 5.73 Å². The molecule has 3 N–H and O–H groups in total. The molecule has 2 heterocycles. The average molecular weight is 287 g/mol. The second-order valence-corrected chi connectivity index (χ2v) is 6.56. The summed E-state index contributed by atoms with van der Waals surface area (Å²) in [5, 5.41) is 0.169. The van der Waals surface area contributed by atoms with Crippen LogP contribution in [0.3, 0.4) is 0 Å². The minimum atomic E-state index is -3.42. The van der Waals surface area contributed by atoms with Crippen molar-refractivity contribution in [2.24, 2.45) is 5.73 Å². The van der Waals surface area contributed by atoms with E-state index < -0.39 is 10.0 Å². The third kappa shape index (κ3) is 3.53. The second kappa shape index (κ2) is 6.47. The van der Waals surface area contributed by atoms with E-state index in [0.717, 1.165) is 32.5 Å². The van der Waals surface area contributed by atoms with E-state index >= 15 is 0 Å². The SMILES string of the molecule is NCCCN1CCCN(S(=O)(=O)c2cnc[nH]2)CC1. The van der Waals surface area contributed by atoms with E-state index in [9.17, 15) is 8.42 Å². The molecule has 0 aromatic carbocycles. The van der Waals surface area contributed by atoms with Crippen LogP contribution in [-0.4, -0.2) is 66.9 Å². The number of aromatic amines is 1. The zero-order chi connectivity index (χ0) is 13.7. The predicted molar refractivity (Wildman–Crippen MR) is 72.1 cm³/mol. The van der Waals surface area contributed by atoms with Gasteiger partial charge in [-0.3, -0.25) is 0 Å².